The predicted molar refractivity (Wildman–Crippen MR) is 40.3 cm³/mol. The number of carbonyl (C=O) groups is 2. The summed E-state index contributed by atoms with van der Waals surface area (Å²) in [4.78, 5) is 26.9. The van der Waals surface area contributed by atoms with Gasteiger partial charge < -0.3 is 10.8 Å². The van der Waals surface area contributed by atoms with Crippen LogP contribution >= 0.6 is 0 Å². The predicted octanol–water partition coefficient (Wildman–Crippen LogP) is -1.39. The van der Waals surface area contributed by atoms with E-state index in [9.17, 15) is 9.59 Å². The SMILES string of the molecule is N[C@@]1(C(=O)O)CC[C@@H]2ONC(=O)[C@@H]21. The number of hydrogen-bond donors (Lipinski definition) is 3. The maximum absolute atomic E-state index is 11.2. The Labute approximate surface area is 74.0 Å². The minimum atomic E-state index is -1.45. The minimum Gasteiger partial charge on any atom is -0.480 e. The zero-order valence-electron chi connectivity index (χ0n) is 6.82. The first-order chi connectivity index (χ1) is 6.05. The number of hydrogen-bond acceptors (Lipinski definition) is 4. The Morgan fingerprint density at radius 3 is 3.08 bits per heavy atom. The second-order valence-electron chi connectivity index (χ2n) is 3.48. The van der Waals surface area contributed by atoms with Crippen molar-refractivity contribution in [2.75, 3.05) is 0 Å². The van der Waals surface area contributed by atoms with Crippen molar-refractivity contribution >= 4 is 11.9 Å². The molecule has 13 heavy (non-hydrogen) atoms. The molecule has 2 rings (SSSR count). The lowest BCUT2D eigenvalue weighted by molar-refractivity contribution is -0.147. The van der Waals surface area contributed by atoms with Crippen molar-refractivity contribution in [2.24, 2.45) is 11.7 Å². The molecule has 72 valence electrons. The Balaban J connectivity index is 2.33. The molecule has 6 heteroatoms. The van der Waals surface area contributed by atoms with Crippen LogP contribution in [0.25, 0.3) is 0 Å². The Bertz CT molecular complexity index is 280. The number of amides is 1. The summed E-state index contributed by atoms with van der Waals surface area (Å²) < 4.78 is 0. The van der Waals surface area contributed by atoms with Crippen molar-refractivity contribution in [1.29, 1.82) is 0 Å². The van der Waals surface area contributed by atoms with Crippen LogP contribution in [0.1, 0.15) is 12.8 Å². The molecule has 0 aromatic carbocycles. The topological polar surface area (TPSA) is 102 Å². The van der Waals surface area contributed by atoms with Gasteiger partial charge in [-0.25, -0.2) is 5.48 Å². The van der Waals surface area contributed by atoms with Gasteiger partial charge in [0.2, 0.25) is 0 Å². The number of nitrogens with two attached hydrogens (primary N) is 1. The van der Waals surface area contributed by atoms with Gasteiger partial charge in [-0.3, -0.25) is 14.4 Å². The number of fused-ring (bicyclic) bond motifs is 1. The smallest absolute Gasteiger partial charge is 0.324 e. The van der Waals surface area contributed by atoms with Gasteiger partial charge in [0.25, 0.3) is 5.91 Å². The van der Waals surface area contributed by atoms with Crippen molar-refractivity contribution in [3.63, 3.8) is 0 Å². The average Bonchev–Trinajstić information content (AvgIpc) is 2.57. The van der Waals surface area contributed by atoms with Gasteiger partial charge in [0, 0.05) is 0 Å². The van der Waals surface area contributed by atoms with Crippen molar-refractivity contribution in [1.82, 2.24) is 5.48 Å². The number of carboxylic acid groups (broad SMARTS) is 1. The van der Waals surface area contributed by atoms with Gasteiger partial charge in [0.05, 0.1) is 12.0 Å². The van der Waals surface area contributed by atoms with E-state index >= 15 is 0 Å². The molecular formula is C7H10N2O4. The molecule has 6 nitrogen and oxygen atoms in total. The van der Waals surface area contributed by atoms with Crippen LogP contribution in [0.5, 0.6) is 0 Å². The molecule has 0 aromatic rings. The lowest BCUT2D eigenvalue weighted by Gasteiger charge is -2.22. The van der Waals surface area contributed by atoms with Gasteiger partial charge in [-0.1, -0.05) is 0 Å². The average molecular weight is 186 g/mol. The molecule has 0 spiro atoms. The van der Waals surface area contributed by atoms with E-state index in [4.69, 9.17) is 15.7 Å². The van der Waals surface area contributed by atoms with Gasteiger partial charge in [0.1, 0.15) is 5.54 Å². The van der Waals surface area contributed by atoms with Gasteiger partial charge in [0.15, 0.2) is 0 Å². The monoisotopic (exact) mass is 186 g/mol. The van der Waals surface area contributed by atoms with Crippen LogP contribution in [0.15, 0.2) is 0 Å². The van der Waals surface area contributed by atoms with Gasteiger partial charge in [-0.05, 0) is 12.8 Å². The van der Waals surface area contributed by atoms with Crippen LogP contribution in [-0.4, -0.2) is 28.6 Å². The summed E-state index contributed by atoms with van der Waals surface area (Å²) in [5.41, 5.74) is 6.33. The maximum atomic E-state index is 11.2. The maximum Gasteiger partial charge on any atom is 0.324 e. The molecule has 0 bridgehead atoms. The molecule has 1 aliphatic carbocycles. The molecule has 4 N–H and O–H groups in total. The number of hydroxylamine groups is 1. The fraction of sp³-hybridized carbons (Fsp3) is 0.714. The molecule has 2 aliphatic rings. The van der Waals surface area contributed by atoms with Crippen LogP contribution in [0.2, 0.25) is 0 Å². The summed E-state index contributed by atoms with van der Waals surface area (Å²) in [7, 11) is 0. The number of aliphatic carboxylic acids is 1. The van der Waals surface area contributed by atoms with E-state index in [1.54, 1.807) is 0 Å². The van der Waals surface area contributed by atoms with Gasteiger partial charge in [-0.15, -0.1) is 0 Å². The quantitative estimate of drug-likeness (QED) is 0.468. The standard InChI is InChI=1S/C7H10N2O4/c8-7(6(11)12)2-1-3-4(7)5(10)9-13-3/h3-4H,1-2,8H2,(H,9,10)(H,11,12)/t3-,4+,7-/m0/s1. The Kier molecular flexibility index (Phi) is 1.58. The molecule has 0 radical (unpaired) electrons. The molecule has 0 aromatic heterocycles. The largest absolute Gasteiger partial charge is 0.480 e. The molecule has 1 saturated carbocycles. The summed E-state index contributed by atoms with van der Waals surface area (Å²) in [5, 5.41) is 8.88. The van der Waals surface area contributed by atoms with Crippen LogP contribution < -0.4 is 11.2 Å². The number of carboxylic acids is 1. The third-order valence-electron chi connectivity index (χ3n) is 2.76. The first-order valence-corrected chi connectivity index (χ1v) is 4.03. The number of nitrogens with one attached hydrogen (secondary N) is 1. The summed E-state index contributed by atoms with van der Waals surface area (Å²) in [6, 6.07) is 0. The van der Waals surface area contributed by atoms with E-state index in [1.807, 2.05) is 0 Å². The fourth-order valence-corrected chi connectivity index (χ4v) is 2.00. The van der Waals surface area contributed by atoms with Gasteiger partial charge in [-0.2, -0.15) is 0 Å². The minimum absolute atomic E-state index is 0.283. The van der Waals surface area contributed by atoms with Crippen LogP contribution in [0.3, 0.4) is 0 Å². The van der Waals surface area contributed by atoms with E-state index < -0.39 is 23.3 Å². The zero-order chi connectivity index (χ0) is 9.64. The molecule has 1 heterocycles. The third-order valence-corrected chi connectivity index (χ3v) is 2.76. The normalized spacial score (nSPS) is 43.0. The highest BCUT2D eigenvalue weighted by atomic mass is 16.7. The highest BCUT2D eigenvalue weighted by Gasteiger charge is 2.58. The van der Waals surface area contributed by atoms with E-state index in [2.05, 4.69) is 5.48 Å². The van der Waals surface area contributed by atoms with Crippen molar-refractivity contribution in [2.45, 2.75) is 24.5 Å². The van der Waals surface area contributed by atoms with Crippen molar-refractivity contribution < 1.29 is 19.5 Å². The van der Waals surface area contributed by atoms with Crippen LogP contribution in [0, 0.1) is 5.92 Å². The Morgan fingerprint density at radius 2 is 2.46 bits per heavy atom. The van der Waals surface area contributed by atoms with Gasteiger partial charge >= 0.3 is 5.97 Å². The molecule has 1 aliphatic heterocycles. The number of carbonyl (C=O) groups excluding carboxylic acids is 1. The van der Waals surface area contributed by atoms with E-state index in [0.717, 1.165) is 0 Å². The van der Waals surface area contributed by atoms with Crippen molar-refractivity contribution in [3.05, 3.63) is 0 Å². The second kappa shape index (κ2) is 2.43. The lowest BCUT2D eigenvalue weighted by Crippen LogP contribution is -2.54. The second-order valence-corrected chi connectivity index (χ2v) is 3.48. The van der Waals surface area contributed by atoms with Crippen LogP contribution in [0.4, 0.5) is 0 Å². The molecular weight excluding hydrogens is 176 g/mol. The summed E-state index contributed by atoms with van der Waals surface area (Å²) in [6.07, 6.45) is 0.408. The Morgan fingerprint density at radius 1 is 1.77 bits per heavy atom. The number of rotatable bonds is 1. The summed E-state index contributed by atoms with van der Waals surface area (Å²) in [6.45, 7) is 0. The molecule has 3 atom stereocenters. The molecule has 1 saturated heterocycles. The fourth-order valence-electron chi connectivity index (χ4n) is 2.00. The zero-order valence-corrected chi connectivity index (χ0v) is 6.82. The molecule has 1 amide bonds. The highest BCUT2D eigenvalue weighted by Crippen LogP contribution is 2.38. The summed E-state index contributed by atoms with van der Waals surface area (Å²) in [5.74, 6) is -2.31. The molecule has 2 fully saturated rings. The first-order valence-electron chi connectivity index (χ1n) is 4.03. The third kappa shape index (κ3) is 0.956. The van der Waals surface area contributed by atoms with E-state index in [0.29, 0.717) is 6.42 Å². The summed E-state index contributed by atoms with van der Waals surface area (Å²) >= 11 is 0. The van der Waals surface area contributed by atoms with E-state index in [1.165, 1.54) is 0 Å². The lowest BCUT2D eigenvalue weighted by atomic mass is 9.87. The van der Waals surface area contributed by atoms with E-state index in [-0.39, 0.29) is 12.5 Å². The van der Waals surface area contributed by atoms with Crippen molar-refractivity contribution in [3.8, 4) is 0 Å². The first kappa shape index (κ1) is 8.46. The highest BCUT2D eigenvalue weighted by molar-refractivity contribution is 5.91. The van der Waals surface area contributed by atoms with Crippen LogP contribution in [-0.2, 0) is 14.4 Å². The Hall–Kier alpha value is -1.14. The molecule has 0 unspecified atom stereocenters.